The van der Waals surface area contributed by atoms with Crippen molar-refractivity contribution < 1.29 is 23.5 Å². The van der Waals surface area contributed by atoms with Gasteiger partial charge in [-0.15, -0.1) is 0 Å². The summed E-state index contributed by atoms with van der Waals surface area (Å²) in [6, 6.07) is 9.06. The minimum absolute atomic E-state index is 0.0922. The normalized spacial score (nSPS) is 15.9. The smallest absolute Gasteiger partial charge is 0.255 e. The number of piperazine rings is 1. The van der Waals surface area contributed by atoms with Crippen molar-refractivity contribution in [2.24, 2.45) is 0 Å². The lowest BCUT2D eigenvalue weighted by Crippen LogP contribution is -2.49. The van der Waals surface area contributed by atoms with Crippen LogP contribution in [-0.2, 0) is 4.79 Å². The third kappa shape index (κ3) is 4.66. The van der Waals surface area contributed by atoms with Crippen molar-refractivity contribution >= 4 is 29.1 Å². The average molecular weight is 434 g/mol. The zero-order chi connectivity index (χ0) is 21.1. The van der Waals surface area contributed by atoms with Crippen LogP contribution in [0.2, 0.25) is 5.02 Å². The Kier molecular flexibility index (Phi) is 6.06. The molecule has 4 rings (SSSR count). The maximum Gasteiger partial charge on any atom is 0.255 e. The van der Waals surface area contributed by atoms with Gasteiger partial charge in [0.25, 0.3) is 5.91 Å². The van der Waals surface area contributed by atoms with E-state index in [4.69, 9.17) is 21.1 Å². The van der Waals surface area contributed by atoms with Crippen LogP contribution in [0.3, 0.4) is 0 Å². The Morgan fingerprint density at radius 1 is 1.03 bits per heavy atom. The van der Waals surface area contributed by atoms with E-state index in [0.717, 1.165) is 6.07 Å². The number of carbonyl (C=O) groups excluding carboxylic acids is 2. The second-order valence-corrected chi connectivity index (χ2v) is 7.53. The summed E-state index contributed by atoms with van der Waals surface area (Å²) in [7, 11) is 0. The van der Waals surface area contributed by atoms with Crippen LogP contribution >= 0.6 is 11.6 Å². The van der Waals surface area contributed by atoms with Gasteiger partial charge in [0.05, 0.1) is 10.6 Å². The molecule has 1 N–H and O–H groups in total. The summed E-state index contributed by atoms with van der Waals surface area (Å²) in [5.41, 5.74) is 0.963. The zero-order valence-electron chi connectivity index (χ0n) is 16.2. The van der Waals surface area contributed by atoms with Crippen LogP contribution in [0.4, 0.5) is 10.1 Å². The first-order chi connectivity index (χ1) is 14.5. The van der Waals surface area contributed by atoms with Gasteiger partial charge in [0.15, 0.2) is 11.5 Å². The van der Waals surface area contributed by atoms with Crippen LogP contribution in [0.5, 0.6) is 11.5 Å². The molecule has 9 heteroatoms. The molecule has 7 nitrogen and oxygen atoms in total. The van der Waals surface area contributed by atoms with Crippen LogP contribution in [0.15, 0.2) is 36.4 Å². The number of carbonyl (C=O) groups is 2. The second-order valence-electron chi connectivity index (χ2n) is 7.12. The van der Waals surface area contributed by atoms with Crippen LogP contribution < -0.4 is 14.8 Å². The van der Waals surface area contributed by atoms with Gasteiger partial charge in [0, 0.05) is 50.9 Å². The molecule has 1 fully saturated rings. The minimum Gasteiger partial charge on any atom is -0.454 e. The molecule has 0 aromatic heterocycles. The van der Waals surface area contributed by atoms with E-state index in [2.05, 4.69) is 10.2 Å². The molecule has 158 valence electrons. The van der Waals surface area contributed by atoms with E-state index < -0.39 is 5.82 Å². The monoisotopic (exact) mass is 433 g/mol. The SMILES string of the molecule is O=C(CCN1CCN(C(=O)c2ccc(F)cc2Cl)CC1)Nc1ccc2c(c1)OCO2. The van der Waals surface area contributed by atoms with Gasteiger partial charge < -0.3 is 19.7 Å². The van der Waals surface area contributed by atoms with Gasteiger partial charge in [-0.05, 0) is 30.3 Å². The topological polar surface area (TPSA) is 71.1 Å². The van der Waals surface area contributed by atoms with E-state index in [9.17, 15) is 14.0 Å². The van der Waals surface area contributed by atoms with Gasteiger partial charge in [-0.2, -0.15) is 0 Å². The number of nitrogens with one attached hydrogen (secondary N) is 1. The summed E-state index contributed by atoms with van der Waals surface area (Å²) in [4.78, 5) is 28.7. The number of rotatable bonds is 5. The number of fused-ring (bicyclic) bond motifs is 1. The van der Waals surface area contributed by atoms with Crippen LogP contribution in [-0.4, -0.2) is 61.1 Å². The zero-order valence-corrected chi connectivity index (χ0v) is 17.0. The molecule has 1 saturated heterocycles. The highest BCUT2D eigenvalue weighted by Crippen LogP contribution is 2.34. The average Bonchev–Trinajstić information content (AvgIpc) is 3.20. The number of nitrogens with zero attached hydrogens (tertiary/aromatic N) is 2. The molecule has 0 unspecified atom stereocenters. The number of amides is 2. The molecule has 2 aliphatic heterocycles. The number of hydrogen-bond acceptors (Lipinski definition) is 5. The Hall–Kier alpha value is -2.84. The molecule has 0 atom stereocenters. The van der Waals surface area contributed by atoms with Crippen molar-refractivity contribution in [2.75, 3.05) is 44.8 Å². The highest BCUT2D eigenvalue weighted by molar-refractivity contribution is 6.33. The quantitative estimate of drug-likeness (QED) is 0.785. The Morgan fingerprint density at radius 3 is 2.57 bits per heavy atom. The fourth-order valence-electron chi connectivity index (χ4n) is 3.47. The van der Waals surface area contributed by atoms with Crippen molar-refractivity contribution in [3.05, 3.63) is 52.8 Å². The summed E-state index contributed by atoms with van der Waals surface area (Å²) in [6.45, 7) is 3.14. The molecule has 0 bridgehead atoms. The molecular formula is C21H21ClFN3O4. The fourth-order valence-corrected chi connectivity index (χ4v) is 3.71. The molecule has 2 amide bonds. The summed E-state index contributed by atoms with van der Waals surface area (Å²) in [6.07, 6.45) is 0.339. The van der Waals surface area contributed by atoms with Crippen LogP contribution in [0.25, 0.3) is 0 Å². The lowest BCUT2D eigenvalue weighted by molar-refractivity contribution is -0.116. The Morgan fingerprint density at radius 2 is 1.80 bits per heavy atom. The maximum absolute atomic E-state index is 13.2. The lowest BCUT2D eigenvalue weighted by atomic mass is 10.1. The molecule has 2 aromatic carbocycles. The summed E-state index contributed by atoms with van der Waals surface area (Å²) in [5, 5.41) is 2.97. The van der Waals surface area contributed by atoms with Gasteiger partial charge in [-0.1, -0.05) is 11.6 Å². The second kappa shape index (κ2) is 8.89. The van der Waals surface area contributed by atoms with E-state index in [1.807, 2.05) is 0 Å². The molecular weight excluding hydrogens is 413 g/mol. The van der Waals surface area contributed by atoms with Crippen molar-refractivity contribution in [1.82, 2.24) is 9.80 Å². The number of benzene rings is 2. The Labute approximate surface area is 178 Å². The van der Waals surface area contributed by atoms with E-state index in [1.165, 1.54) is 12.1 Å². The van der Waals surface area contributed by atoms with E-state index in [-0.39, 0.29) is 23.6 Å². The fraction of sp³-hybridized carbons (Fsp3) is 0.333. The van der Waals surface area contributed by atoms with Gasteiger partial charge in [-0.25, -0.2) is 4.39 Å². The molecule has 2 heterocycles. The minimum atomic E-state index is -0.472. The summed E-state index contributed by atoms with van der Waals surface area (Å²) < 4.78 is 23.8. The maximum atomic E-state index is 13.2. The standard InChI is InChI=1S/C21H21ClFN3O4/c22-17-11-14(23)1-3-16(17)21(28)26-9-7-25(8-10-26)6-5-20(27)24-15-2-4-18-19(12-15)30-13-29-18/h1-4,11-12H,5-10,13H2,(H,24,27). The third-order valence-electron chi connectivity index (χ3n) is 5.13. The van der Waals surface area contributed by atoms with Gasteiger partial charge in [0.1, 0.15) is 5.82 Å². The molecule has 0 saturated carbocycles. The van der Waals surface area contributed by atoms with E-state index >= 15 is 0 Å². The van der Waals surface area contributed by atoms with Gasteiger partial charge in [0.2, 0.25) is 12.7 Å². The largest absolute Gasteiger partial charge is 0.454 e. The van der Waals surface area contributed by atoms with E-state index in [0.29, 0.717) is 61.9 Å². The number of ether oxygens (including phenoxy) is 2. The van der Waals surface area contributed by atoms with Crippen LogP contribution in [0.1, 0.15) is 16.8 Å². The van der Waals surface area contributed by atoms with E-state index in [1.54, 1.807) is 23.1 Å². The first kappa shape index (κ1) is 20.4. The van der Waals surface area contributed by atoms with Crippen molar-refractivity contribution in [1.29, 1.82) is 0 Å². The van der Waals surface area contributed by atoms with Crippen LogP contribution in [0, 0.1) is 5.82 Å². The number of anilines is 1. The Balaban J connectivity index is 1.23. The van der Waals surface area contributed by atoms with Crippen molar-refractivity contribution in [2.45, 2.75) is 6.42 Å². The molecule has 30 heavy (non-hydrogen) atoms. The lowest BCUT2D eigenvalue weighted by Gasteiger charge is -2.34. The van der Waals surface area contributed by atoms with Crippen molar-refractivity contribution in [3.63, 3.8) is 0 Å². The molecule has 0 radical (unpaired) electrons. The van der Waals surface area contributed by atoms with Gasteiger partial charge in [-0.3, -0.25) is 14.5 Å². The highest BCUT2D eigenvalue weighted by Gasteiger charge is 2.24. The highest BCUT2D eigenvalue weighted by atomic mass is 35.5. The predicted octanol–water partition coefficient (Wildman–Crippen LogP) is 2.99. The predicted molar refractivity (Wildman–Crippen MR) is 110 cm³/mol. The molecule has 0 aliphatic carbocycles. The van der Waals surface area contributed by atoms with Crippen molar-refractivity contribution in [3.8, 4) is 11.5 Å². The molecule has 0 spiro atoms. The first-order valence-corrected chi connectivity index (χ1v) is 10.0. The first-order valence-electron chi connectivity index (χ1n) is 9.66. The summed E-state index contributed by atoms with van der Waals surface area (Å²) >= 11 is 6.00. The van der Waals surface area contributed by atoms with Gasteiger partial charge >= 0.3 is 0 Å². The number of hydrogen-bond donors (Lipinski definition) is 1. The third-order valence-corrected chi connectivity index (χ3v) is 5.45. The molecule has 2 aliphatic rings. The number of halogens is 2. The molecule has 2 aromatic rings. The Bertz CT molecular complexity index is 963. The summed E-state index contributed by atoms with van der Waals surface area (Å²) in [5.74, 6) is 0.517.